The van der Waals surface area contributed by atoms with Crippen molar-refractivity contribution in [3.05, 3.63) is 29.3 Å². The second kappa shape index (κ2) is 5.19. The zero-order valence-electron chi connectivity index (χ0n) is 9.20. The third-order valence-corrected chi connectivity index (χ3v) is 2.98. The number of piperidine rings is 1. The SMILES string of the molecule is O=C1CC(C(=O)Nc2ccc(Cl)cc2)CCN1. The predicted octanol–water partition coefficient (Wildman–Crippen LogP) is 1.80. The van der Waals surface area contributed by atoms with Crippen LogP contribution in [0.2, 0.25) is 5.02 Å². The van der Waals surface area contributed by atoms with Gasteiger partial charge in [0.05, 0.1) is 0 Å². The first-order valence-electron chi connectivity index (χ1n) is 5.48. The summed E-state index contributed by atoms with van der Waals surface area (Å²) in [6, 6.07) is 6.90. The van der Waals surface area contributed by atoms with Crippen LogP contribution in [0.25, 0.3) is 0 Å². The summed E-state index contributed by atoms with van der Waals surface area (Å²) in [5, 5.41) is 6.11. The summed E-state index contributed by atoms with van der Waals surface area (Å²) in [4.78, 5) is 23.0. The number of carbonyl (C=O) groups is 2. The molecule has 17 heavy (non-hydrogen) atoms. The summed E-state index contributed by atoms with van der Waals surface area (Å²) in [6.45, 7) is 0.567. The number of rotatable bonds is 2. The number of benzene rings is 1. The van der Waals surface area contributed by atoms with Crippen molar-refractivity contribution >= 4 is 29.1 Å². The van der Waals surface area contributed by atoms with Crippen molar-refractivity contribution < 1.29 is 9.59 Å². The number of halogens is 1. The van der Waals surface area contributed by atoms with Gasteiger partial charge in [0.25, 0.3) is 0 Å². The molecule has 2 N–H and O–H groups in total. The number of anilines is 1. The number of amides is 2. The van der Waals surface area contributed by atoms with Gasteiger partial charge in [-0.2, -0.15) is 0 Å². The van der Waals surface area contributed by atoms with E-state index in [1.807, 2.05) is 0 Å². The Labute approximate surface area is 104 Å². The van der Waals surface area contributed by atoms with Gasteiger partial charge in [-0.05, 0) is 30.7 Å². The smallest absolute Gasteiger partial charge is 0.228 e. The second-order valence-electron chi connectivity index (χ2n) is 4.04. The van der Waals surface area contributed by atoms with Gasteiger partial charge in [-0.3, -0.25) is 9.59 Å². The number of carbonyl (C=O) groups excluding carboxylic acids is 2. The minimum atomic E-state index is -0.237. The molecule has 0 aliphatic carbocycles. The monoisotopic (exact) mass is 252 g/mol. The van der Waals surface area contributed by atoms with Gasteiger partial charge in [0.15, 0.2) is 0 Å². The van der Waals surface area contributed by atoms with Crippen LogP contribution in [-0.4, -0.2) is 18.4 Å². The molecule has 4 nitrogen and oxygen atoms in total. The molecule has 1 aliphatic rings. The minimum absolute atomic E-state index is 0.0625. The summed E-state index contributed by atoms with van der Waals surface area (Å²) >= 11 is 5.75. The van der Waals surface area contributed by atoms with Gasteiger partial charge in [0.1, 0.15) is 0 Å². The van der Waals surface area contributed by atoms with Crippen LogP contribution in [-0.2, 0) is 9.59 Å². The average molecular weight is 253 g/mol. The van der Waals surface area contributed by atoms with Gasteiger partial charge in [-0.15, -0.1) is 0 Å². The molecule has 1 aromatic rings. The highest BCUT2D eigenvalue weighted by Crippen LogP contribution is 2.17. The van der Waals surface area contributed by atoms with Gasteiger partial charge in [0.2, 0.25) is 11.8 Å². The molecule has 1 aromatic carbocycles. The molecule has 0 spiro atoms. The van der Waals surface area contributed by atoms with Crippen LogP contribution in [0.3, 0.4) is 0 Å². The lowest BCUT2D eigenvalue weighted by Gasteiger charge is -2.21. The fourth-order valence-electron chi connectivity index (χ4n) is 1.79. The maximum absolute atomic E-state index is 11.9. The topological polar surface area (TPSA) is 58.2 Å². The Balaban J connectivity index is 1.96. The zero-order valence-corrected chi connectivity index (χ0v) is 9.96. The third-order valence-electron chi connectivity index (χ3n) is 2.73. The molecule has 2 rings (SSSR count). The molecule has 0 saturated carbocycles. The molecule has 1 fully saturated rings. The van der Waals surface area contributed by atoms with E-state index in [0.717, 1.165) is 0 Å². The van der Waals surface area contributed by atoms with Crippen molar-refractivity contribution in [2.45, 2.75) is 12.8 Å². The molecular formula is C12H13ClN2O2. The fraction of sp³-hybridized carbons (Fsp3) is 0.333. The lowest BCUT2D eigenvalue weighted by Crippen LogP contribution is -2.38. The molecular weight excluding hydrogens is 240 g/mol. The van der Waals surface area contributed by atoms with Crippen molar-refractivity contribution in [3.63, 3.8) is 0 Å². The Morgan fingerprint density at radius 3 is 2.71 bits per heavy atom. The predicted molar refractivity (Wildman–Crippen MR) is 65.8 cm³/mol. The average Bonchev–Trinajstić information content (AvgIpc) is 2.32. The van der Waals surface area contributed by atoms with Crippen LogP contribution in [0.1, 0.15) is 12.8 Å². The summed E-state index contributed by atoms with van der Waals surface area (Å²) in [6.07, 6.45) is 0.949. The summed E-state index contributed by atoms with van der Waals surface area (Å²) in [5.74, 6) is -0.408. The van der Waals surface area contributed by atoms with Gasteiger partial charge >= 0.3 is 0 Å². The van der Waals surface area contributed by atoms with Crippen molar-refractivity contribution in [3.8, 4) is 0 Å². The molecule has 1 unspecified atom stereocenters. The summed E-state index contributed by atoms with van der Waals surface area (Å²) < 4.78 is 0. The normalized spacial score (nSPS) is 19.6. The lowest BCUT2D eigenvalue weighted by atomic mass is 9.96. The van der Waals surface area contributed by atoms with Crippen molar-refractivity contribution in [2.75, 3.05) is 11.9 Å². The summed E-state index contributed by atoms with van der Waals surface area (Å²) in [5.41, 5.74) is 0.699. The van der Waals surface area contributed by atoms with Crippen LogP contribution in [0, 0.1) is 5.92 Å². The molecule has 2 amide bonds. The number of nitrogens with one attached hydrogen (secondary N) is 2. The van der Waals surface area contributed by atoms with Crippen LogP contribution in [0.15, 0.2) is 24.3 Å². The highest BCUT2D eigenvalue weighted by Gasteiger charge is 2.25. The van der Waals surface area contributed by atoms with Crippen molar-refractivity contribution in [2.24, 2.45) is 5.92 Å². The molecule has 1 saturated heterocycles. The van der Waals surface area contributed by atoms with E-state index in [1.165, 1.54) is 0 Å². The first-order chi connectivity index (χ1) is 8.15. The molecule has 0 radical (unpaired) electrons. The maximum Gasteiger partial charge on any atom is 0.228 e. The van der Waals surface area contributed by atoms with E-state index in [0.29, 0.717) is 23.7 Å². The third kappa shape index (κ3) is 3.20. The van der Waals surface area contributed by atoms with E-state index < -0.39 is 0 Å². The number of hydrogen-bond acceptors (Lipinski definition) is 2. The highest BCUT2D eigenvalue weighted by atomic mass is 35.5. The van der Waals surface area contributed by atoms with Gasteiger partial charge in [-0.25, -0.2) is 0 Å². The van der Waals surface area contributed by atoms with E-state index in [2.05, 4.69) is 10.6 Å². The maximum atomic E-state index is 11.9. The molecule has 1 aliphatic heterocycles. The largest absolute Gasteiger partial charge is 0.356 e. The highest BCUT2D eigenvalue weighted by molar-refractivity contribution is 6.30. The lowest BCUT2D eigenvalue weighted by molar-refractivity contribution is -0.129. The Hall–Kier alpha value is -1.55. The van der Waals surface area contributed by atoms with Crippen LogP contribution in [0.4, 0.5) is 5.69 Å². The molecule has 0 bridgehead atoms. The Bertz CT molecular complexity index is 431. The minimum Gasteiger partial charge on any atom is -0.356 e. The molecule has 1 heterocycles. The van der Waals surface area contributed by atoms with Gasteiger partial charge < -0.3 is 10.6 Å². The van der Waals surface area contributed by atoms with Crippen LogP contribution >= 0.6 is 11.6 Å². The Morgan fingerprint density at radius 2 is 2.06 bits per heavy atom. The summed E-state index contributed by atoms with van der Waals surface area (Å²) in [7, 11) is 0. The van der Waals surface area contributed by atoms with Gasteiger partial charge in [0, 0.05) is 29.6 Å². The van der Waals surface area contributed by atoms with E-state index in [4.69, 9.17) is 11.6 Å². The first-order valence-corrected chi connectivity index (χ1v) is 5.86. The van der Waals surface area contributed by atoms with E-state index >= 15 is 0 Å². The number of hydrogen-bond donors (Lipinski definition) is 2. The molecule has 1 atom stereocenters. The van der Waals surface area contributed by atoms with Crippen molar-refractivity contribution in [1.82, 2.24) is 5.32 Å². The Kier molecular flexibility index (Phi) is 3.64. The second-order valence-corrected chi connectivity index (χ2v) is 4.47. The van der Waals surface area contributed by atoms with Crippen molar-refractivity contribution in [1.29, 1.82) is 0 Å². The van der Waals surface area contributed by atoms with E-state index in [9.17, 15) is 9.59 Å². The molecule has 0 aromatic heterocycles. The first kappa shape index (κ1) is 11.9. The quantitative estimate of drug-likeness (QED) is 0.843. The standard InChI is InChI=1S/C12H13ClN2O2/c13-9-1-3-10(4-2-9)15-12(17)8-5-6-14-11(16)7-8/h1-4,8H,5-7H2,(H,14,16)(H,15,17). The van der Waals surface area contributed by atoms with Crippen LogP contribution < -0.4 is 10.6 Å². The zero-order chi connectivity index (χ0) is 12.3. The Morgan fingerprint density at radius 1 is 1.35 bits per heavy atom. The van der Waals surface area contributed by atoms with E-state index in [1.54, 1.807) is 24.3 Å². The van der Waals surface area contributed by atoms with E-state index in [-0.39, 0.29) is 24.2 Å². The molecule has 90 valence electrons. The molecule has 5 heteroatoms. The fourth-order valence-corrected chi connectivity index (χ4v) is 1.91. The van der Waals surface area contributed by atoms with Crippen LogP contribution in [0.5, 0.6) is 0 Å². The van der Waals surface area contributed by atoms with Gasteiger partial charge in [-0.1, -0.05) is 11.6 Å².